The fraction of sp³-hybridized carbons (Fsp3) is 0.562. The third kappa shape index (κ3) is 3.23. The smallest absolute Gasteiger partial charge is 0.238 e. The highest BCUT2D eigenvalue weighted by Crippen LogP contribution is 2.36. The molecule has 21 heavy (non-hydrogen) atoms. The Bertz CT molecular complexity index is 548. The Morgan fingerprint density at radius 3 is 3.00 bits per heavy atom. The van der Waals surface area contributed by atoms with Crippen molar-refractivity contribution >= 4 is 23.2 Å². The van der Waals surface area contributed by atoms with Gasteiger partial charge in [0.2, 0.25) is 5.91 Å². The van der Waals surface area contributed by atoms with E-state index in [1.54, 1.807) is 6.07 Å². The van der Waals surface area contributed by atoms with E-state index in [-0.39, 0.29) is 5.91 Å². The number of anilines is 1. The first-order valence-electron chi connectivity index (χ1n) is 7.57. The van der Waals surface area contributed by atoms with Gasteiger partial charge in [0.15, 0.2) is 0 Å². The minimum absolute atomic E-state index is 0.0221. The highest BCUT2D eigenvalue weighted by Gasteiger charge is 2.41. The van der Waals surface area contributed by atoms with Crippen LogP contribution in [0.4, 0.5) is 5.69 Å². The molecule has 3 atom stereocenters. The first kappa shape index (κ1) is 14.8. The monoisotopic (exact) mass is 307 g/mol. The fourth-order valence-electron chi connectivity index (χ4n) is 3.65. The molecule has 4 nitrogen and oxygen atoms in total. The van der Waals surface area contributed by atoms with Crippen molar-refractivity contribution in [3.05, 3.63) is 28.8 Å². The van der Waals surface area contributed by atoms with E-state index in [4.69, 9.17) is 17.3 Å². The topological polar surface area (TPSA) is 58.4 Å². The van der Waals surface area contributed by atoms with Gasteiger partial charge in [0, 0.05) is 29.8 Å². The molecule has 2 fully saturated rings. The van der Waals surface area contributed by atoms with E-state index in [0.717, 1.165) is 30.8 Å². The molecule has 1 amide bonds. The van der Waals surface area contributed by atoms with Gasteiger partial charge in [-0.25, -0.2) is 0 Å². The Morgan fingerprint density at radius 2 is 2.24 bits per heavy atom. The largest absolute Gasteiger partial charge is 0.327 e. The van der Waals surface area contributed by atoms with Crippen molar-refractivity contribution in [2.75, 3.05) is 25.0 Å². The predicted octanol–water partition coefficient (Wildman–Crippen LogP) is 2.26. The van der Waals surface area contributed by atoms with Gasteiger partial charge in [-0.05, 0) is 49.3 Å². The summed E-state index contributed by atoms with van der Waals surface area (Å²) in [4.78, 5) is 14.4. The molecule has 3 N–H and O–H groups in total. The van der Waals surface area contributed by atoms with Crippen LogP contribution >= 0.6 is 11.6 Å². The van der Waals surface area contributed by atoms with Crippen LogP contribution in [0.2, 0.25) is 5.02 Å². The van der Waals surface area contributed by atoms with Crippen LogP contribution in [0.25, 0.3) is 0 Å². The van der Waals surface area contributed by atoms with Gasteiger partial charge in [-0.1, -0.05) is 17.7 Å². The molecule has 1 aromatic rings. The van der Waals surface area contributed by atoms with Crippen LogP contribution in [0.15, 0.2) is 18.2 Å². The van der Waals surface area contributed by atoms with Crippen LogP contribution in [0.3, 0.4) is 0 Å². The molecule has 2 aliphatic rings. The van der Waals surface area contributed by atoms with Gasteiger partial charge in [0.25, 0.3) is 0 Å². The Kier molecular flexibility index (Phi) is 4.20. The number of carbonyl (C=O) groups excluding carboxylic acids is 1. The molecule has 1 aliphatic carbocycles. The summed E-state index contributed by atoms with van der Waals surface area (Å²) in [5.41, 5.74) is 7.95. The van der Waals surface area contributed by atoms with Gasteiger partial charge in [0.1, 0.15) is 0 Å². The molecule has 1 saturated carbocycles. The molecule has 0 radical (unpaired) electrons. The number of halogens is 1. The molecule has 0 spiro atoms. The van der Waals surface area contributed by atoms with Crippen LogP contribution in [-0.2, 0) is 4.79 Å². The first-order chi connectivity index (χ1) is 10.0. The predicted molar refractivity (Wildman–Crippen MR) is 85.4 cm³/mol. The Morgan fingerprint density at radius 1 is 1.43 bits per heavy atom. The van der Waals surface area contributed by atoms with Crippen molar-refractivity contribution in [1.82, 2.24) is 4.90 Å². The molecule has 1 saturated heterocycles. The normalized spacial score (nSPS) is 28.6. The second-order valence-corrected chi connectivity index (χ2v) is 6.80. The summed E-state index contributed by atoms with van der Waals surface area (Å²) in [5.74, 6) is 1.28. The van der Waals surface area contributed by atoms with Crippen LogP contribution in [0, 0.1) is 18.8 Å². The van der Waals surface area contributed by atoms with Gasteiger partial charge < -0.3 is 11.1 Å². The molecule has 0 bridgehead atoms. The lowest BCUT2D eigenvalue weighted by molar-refractivity contribution is -0.117. The summed E-state index contributed by atoms with van der Waals surface area (Å²) in [7, 11) is 0. The standard InChI is InChI=1S/C16H22ClN3O/c1-10-2-4-12(17)6-15(10)19-16(21)9-20-7-11-3-5-14(18)13(11)8-20/h2,4,6,11,13-14H,3,5,7-9,18H2,1H3,(H,19,21). The first-order valence-corrected chi connectivity index (χ1v) is 7.94. The number of rotatable bonds is 3. The Labute approximate surface area is 130 Å². The lowest BCUT2D eigenvalue weighted by Crippen LogP contribution is -2.34. The van der Waals surface area contributed by atoms with Gasteiger partial charge in [-0.15, -0.1) is 0 Å². The van der Waals surface area contributed by atoms with E-state index < -0.39 is 0 Å². The SMILES string of the molecule is Cc1ccc(Cl)cc1NC(=O)CN1CC2CCC(N)C2C1. The molecule has 1 aliphatic heterocycles. The third-order valence-electron chi connectivity index (χ3n) is 4.83. The zero-order valence-electron chi connectivity index (χ0n) is 12.3. The lowest BCUT2D eigenvalue weighted by atomic mass is 9.98. The number of amides is 1. The van der Waals surface area contributed by atoms with Gasteiger partial charge in [-0.3, -0.25) is 9.69 Å². The quantitative estimate of drug-likeness (QED) is 0.900. The van der Waals surface area contributed by atoms with Crippen LogP contribution in [-0.4, -0.2) is 36.5 Å². The number of fused-ring (bicyclic) bond motifs is 1. The highest BCUT2D eigenvalue weighted by atomic mass is 35.5. The van der Waals surface area contributed by atoms with Crippen LogP contribution in [0.5, 0.6) is 0 Å². The molecule has 1 aromatic carbocycles. The van der Waals surface area contributed by atoms with Crippen molar-refractivity contribution in [3.63, 3.8) is 0 Å². The molecular weight excluding hydrogens is 286 g/mol. The van der Waals surface area contributed by atoms with E-state index in [9.17, 15) is 4.79 Å². The Hall–Kier alpha value is -1.10. The molecule has 114 valence electrons. The van der Waals surface area contributed by atoms with E-state index in [0.29, 0.717) is 29.4 Å². The number of aryl methyl sites for hydroxylation is 1. The number of nitrogens with one attached hydrogen (secondary N) is 1. The van der Waals surface area contributed by atoms with Crippen molar-refractivity contribution in [1.29, 1.82) is 0 Å². The van der Waals surface area contributed by atoms with Gasteiger partial charge >= 0.3 is 0 Å². The average molecular weight is 308 g/mol. The van der Waals surface area contributed by atoms with Crippen LogP contribution in [0.1, 0.15) is 18.4 Å². The van der Waals surface area contributed by atoms with E-state index in [1.165, 1.54) is 6.42 Å². The third-order valence-corrected chi connectivity index (χ3v) is 5.06. The zero-order valence-corrected chi connectivity index (χ0v) is 13.1. The number of benzene rings is 1. The van der Waals surface area contributed by atoms with Crippen molar-refractivity contribution in [2.45, 2.75) is 25.8 Å². The maximum absolute atomic E-state index is 12.2. The molecular formula is C16H22ClN3O. The molecule has 5 heteroatoms. The summed E-state index contributed by atoms with van der Waals surface area (Å²) in [6, 6.07) is 5.86. The number of nitrogens with two attached hydrogens (primary N) is 1. The van der Waals surface area contributed by atoms with Gasteiger partial charge in [0.05, 0.1) is 6.54 Å². The minimum Gasteiger partial charge on any atom is -0.327 e. The summed E-state index contributed by atoms with van der Waals surface area (Å²) < 4.78 is 0. The zero-order chi connectivity index (χ0) is 15.0. The maximum atomic E-state index is 12.2. The average Bonchev–Trinajstić information content (AvgIpc) is 2.96. The van der Waals surface area contributed by atoms with Crippen molar-refractivity contribution < 1.29 is 4.79 Å². The summed E-state index contributed by atoms with van der Waals surface area (Å²) in [6.45, 7) is 4.35. The maximum Gasteiger partial charge on any atom is 0.238 e. The van der Waals surface area contributed by atoms with Gasteiger partial charge in [-0.2, -0.15) is 0 Å². The van der Waals surface area contributed by atoms with E-state index >= 15 is 0 Å². The van der Waals surface area contributed by atoms with E-state index in [1.807, 2.05) is 19.1 Å². The number of carbonyl (C=O) groups is 1. The molecule has 1 heterocycles. The number of likely N-dealkylation sites (tertiary alicyclic amines) is 1. The second kappa shape index (κ2) is 5.95. The molecule has 3 rings (SSSR count). The van der Waals surface area contributed by atoms with Crippen molar-refractivity contribution in [3.8, 4) is 0 Å². The number of nitrogens with zero attached hydrogens (tertiary/aromatic N) is 1. The number of hydrogen-bond donors (Lipinski definition) is 2. The van der Waals surface area contributed by atoms with E-state index in [2.05, 4.69) is 10.2 Å². The second-order valence-electron chi connectivity index (χ2n) is 6.37. The lowest BCUT2D eigenvalue weighted by Gasteiger charge is -2.18. The summed E-state index contributed by atoms with van der Waals surface area (Å²) in [6.07, 6.45) is 2.34. The minimum atomic E-state index is 0.0221. The van der Waals surface area contributed by atoms with Crippen LogP contribution < -0.4 is 11.1 Å². The Balaban J connectivity index is 1.57. The van der Waals surface area contributed by atoms with Crippen molar-refractivity contribution in [2.24, 2.45) is 17.6 Å². The number of hydrogen-bond acceptors (Lipinski definition) is 3. The molecule has 3 unspecified atom stereocenters. The highest BCUT2D eigenvalue weighted by molar-refractivity contribution is 6.31. The summed E-state index contributed by atoms with van der Waals surface area (Å²) in [5, 5.41) is 3.60. The fourth-order valence-corrected chi connectivity index (χ4v) is 3.82. The molecule has 0 aromatic heterocycles. The summed E-state index contributed by atoms with van der Waals surface area (Å²) >= 11 is 5.98.